The lowest BCUT2D eigenvalue weighted by molar-refractivity contribution is -0.152. The number of rotatable bonds is 18. The monoisotopic (exact) mass is 595 g/mol. The lowest BCUT2D eigenvalue weighted by Crippen LogP contribution is -2.43. The first-order chi connectivity index (χ1) is 19.9. The van der Waals surface area contributed by atoms with Crippen LogP contribution in [-0.4, -0.2) is 63.3 Å². The van der Waals surface area contributed by atoms with Crippen molar-refractivity contribution < 1.29 is 47.6 Å². The van der Waals surface area contributed by atoms with Crippen molar-refractivity contribution in [2.75, 3.05) is 26.9 Å². The molecule has 0 radical (unpaired) electrons. The maximum atomic E-state index is 12.6. The molecule has 1 aromatic rings. The molecule has 11 nitrogen and oxygen atoms in total. The van der Waals surface area contributed by atoms with Gasteiger partial charge in [-0.2, -0.15) is 0 Å². The second-order valence-electron chi connectivity index (χ2n) is 10.8. The van der Waals surface area contributed by atoms with Gasteiger partial charge in [0.15, 0.2) is 11.5 Å². The minimum Gasteiger partial charge on any atom is -0.468 e. The van der Waals surface area contributed by atoms with Crippen LogP contribution in [0.4, 0.5) is 9.59 Å². The molecule has 1 N–H and O–H groups in total. The van der Waals surface area contributed by atoms with E-state index in [0.29, 0.717) is 5.56 Å². The average molecular weight is 596 g/mol. The van der Waals surface area contributed by atoms with Crippen molar-refractivity contribution in [2.45, 2.75) is 92.7 Å². The molecule has 0 spiro atoms. The number of methoxy groups -OCH3 is 1. The molecule has 0 bridgehead atoms. The molecule has 0 aromatic heterocycles. The van der Waals surface area contributed by atoms with E-state index < -0.39 is 30.4 Å². The van der Waals surface area contributed by atoms with Crippen molar-refractivity contribution in [1.82, 2.24) is 5.32 Å². The Balaban J connectivity index is 3.06. The predicted molar refractivity (Wildman–Crippen MR) is 156 cm³/mol. The van der Waals surface area contributed by atoms with E-state index in [1.165, 1.54) is 19.2 Å². The fourth-order valence-corrected chi connectivity index (χ4v) is 3.57. The molecule has 0 saturated heterocycles. The summed E-state index contributed by atoms with van der Waals surface area (Å²) in [7, 11) is 1.27. The molecule has 0 aliphatic carbocycles. The number of benzene rings is 1. The first-order valence-electron chi connectivity index (χ1n) is 14.8. The number of nitrogens with one attached hydrogen (secondary N) is 1. The largest absolute Gasteiger partial charge is 0.513 e. The Morgan fingerprint density at radius 1 is 0.810 bits per heavy atom. The van der Waals surface area contributed by atoms with E-state index >= 15 is 0 Å². The standard InChI is InChI=1S/C31H49NO10/c1-9-12-22(6)28(33)40-23(7)17-32-25(29(34)37-8)15-24-13-14-26(41-30(35)38-18-20(4)10-2)27(16-24)42-31(36)39-19-21(5)11-3/h13-14,16,20-23,25,32H,9-12,15,17-19H2,1-8H3/t20?,21?,22?,23?,25-/m0/s1. The molecule has 11 heteroatoms. The molecular formula is C31H49NO10. The zero-order valence-corrected chi connectivity index (χ0v) is 26.4. The predicted octanol–water partition coefficient (Wildman–Crippen LogP) is 5.85. The van der Waals surface area contributed by atoms with Gasteiger partial charge in [0.1, 0.15) is 12.1 Å². The summed E-state index contributed by atoms with van der Waals surface area (Å²) in [5.74, 6) is -0.857. The third-order valence-electron chi connectivity index (χ3n) is 6.78. The number of carbonyl (C=O) groups is 4. The van der Waals surface area contributed by atoms with Gasteiger partial charge in [0.05, 0.1) is 26.2 Å². The van der Waals surface area contributed by atoms with Gasteiger partial charge in [-0.3, -0.25) is 9.59 Å². The molecule has 0 fully saturated rings. The van der Waals surface area contributed by atoms with Crippen molar-refractivity contribution in [2.24, 2.45) is 17.8 Å². The van der Waals surface area contributed by atoms with Crippen LogP contribution in [0.15, 0.2) is 18.2 Å². The fourth-order valence-electron chi connectivity index (χ4n) is 3.57. The van der Waals surface area contributed by atoms with Crippen LogP contribution in [0.2, 0.25) is 0 Å². The van der Waals surface area contributed by atoms with Crippen LogP contribution in [0, 0.1) is 17.8 Å². The molecular weight excluding hydrogens is 546 g/mol. The lowest BCUT2D eigenvalue weighted by Gasteiger charge is -2.21. The highest BCUT2D eigenvalue weighted by atomic mass is 16.7. The van der Waals surface area contributed by atoms with Crippen LogP contribution in [0.5, 0.6) is 11.5 Å². The van der Waals surface area contributed by atoms with E-state index in [-0.39, 0.29) is 61.4 Å². The summed E-state index contributed by atoms with van der Waals surface area (Å²) in [5, 5.41) is 3.08. The molecule has 0 heterocycles. The summed E-state index contributed by atoms with van der Waals surface area (Å²) in [6, 6.07) is 3.75. The molecule has 42 heavy (non-hydrogen) atoms. The van der Waals surface area contributed by atoms with Crippen molar-refractivity contribution in [3.8, 4) is 11.5 Å². The van der Waals surface area contributed by atoms with Gasteiger partial charge in [0.25, 0.3) is 0 Å². The number of ether oxygens (including phenoxy) is 6. The van der Waals surface area contributed by atoms with Gasteiger partial charge in [0.2, 0.25) is 0 Å². The second kappa shape index (κ2) is 19.7. The molecule has 1 rings (SSSR count). The highest BCUT2D eigenvalue weighted by molar-refractivity contribution is 5.76. The lowest BCUT2D eigenvalue weighted by atomic mass is 10.0. The summed E-state index contributed by atoms with van der Waals surface area (Å²) < 4.78 is 31.5. The van der Waals surface area contributed by atoms with E-state index in [1.54, 1.807) is 13.0 Å². The van der Waals surface area contributed by atoms with Crippen molar-refractivity contribution in [3.05, 3.63) is 23.8 Å². The molecule has 5 atom stereocenters. The van der Waals surface area contributed by atoms with Gasteiger partial charge in [-0.25, -0.2) is 9.59 Å². The van der Waals surface area contributed by atoms with Gasteiger partial charge < -0.3 is 33.7 Å². The van der Waals surface area contributed by atoms with Gasteiger partial charge in [-0.15, -0.1) is 0 Å². The van der Waals surface area contributed by atoms with Gasteiger partial charge in [-0.05, 0) is 49.3 Å². The Morgan fingerprint density at radius 2 is 1.38 bits per heavy atom. The van der Waals surface area contributed by atoms with Crippen LogP contribution in [0.25, 0.3) is 0 Å². The van der Waals surface area contributed by atoms with Crippen molar-refractivity contribution in [1.29, 1.82) is 0 Å². The minimum absolute atomic E-state index is 0.0438. The summed E-state index contributed by atoms with van der Waals surface area (Å²) in [6.07, 6.45) is 1.000. The molecule has 0 aliphatic heterocycles. The Bertz CT molecular complexity index is 998. The number of esters is 2. The van der Waals surface area contributed by atoms with Crippen molar-refractivity contribution >= 4 is 24.2 Å². The van der Waals surface area contributed by atoms with Crippen molar-refractivity contribution in [3.63, 3.8) is 0 Å². The quantitative estimate of drug-likeness (QED) is 0.124. The second-order valence-corrected chi connectivity index (χ2v) is 10.8. The number of hydrogen-bond donors (Lipinski definition) is 1. The zero-order chi connectivity index (χ0) is 31.7. The first kappa shape index (κ1) is 36.7. The third-order valence-corrected chi connectivity index (χ3v) is 6.78. The smallest absolute Gasteiger partial charge is 0.468 e. The molecule has 0 saturated carbocycles. The van der Waals surface area contributed by atoms with Crippen LogP contribution in [0.3, 0.4) is 0 Å². The van der Waals surface area contributed by atoms with Gasteiger partial charge in [0, 0.05) is 6.54 Å². The molecule has 0 aliphatic rings. The Hall–Kier alpha value is -3.34. The Kier molecular flexibility index (Phi) is 17.2. The van der Waals surface area contributed by atoms with Crippen LogP contribution >= 0.6 is 0 Å². The zero-order valence-electron chi connectivity index (χ0n) is 26.4. The van der Waals surface area contributed by atoms with E-state index in [9.17, 15) is 19.2 Å². The van der Waals surface area contributed by atoms with E-state index in [4.69, 9.17) is 28.4 Å². The maximum Gasteiger partial charge on any atom is 0.513 e. The molecule has 1 aromatic carbocycles. The van der Waals surface area contributed by atoms with Gasteiger partial charge >= 0.3 is 24.2 Å². The summed E-state index contributed by atoms with van der Waals surface area (Å²) >= 11 is 0. The van der Waals surface area contributed by atoms with Gasteiger partial charge in [-0.1, -0.05) is 66.9 Å². The van der Waals surface area contributed by atoms with Crippen LogP contribution in [-0.2, 0) is 35.0 Å². The molecule has 0 amide bonds. The first-order valence-corrected chi connectivity index (χ1v) is 14.8. The van der Waals surface area contributed by atoms with Crippen LogP contribution in [0.1, 0.15) is 79.7 Å². The minimum atomic E-state index is -0.958. The van der Waals surface area contributed by atoms with Crippen LogP contribution < -0.4 is 14.8 Å². The van der Waals surface area contributed by atoms with E-state index in [1.807, 2.05) is 41.5 Å². The summed E-state index contributed by atoms with van der Waals surface area (Å²) in [6.45, 7) is 13.9. The highest BCUT2D eigenvalue weighted by Gasteiger charge is 2.24. The normalized spacial score (nSPS) is 14.5. The average Bonchev–Trinajstić information content (AvgIpc) is 2.97. The SMILES string of the molecule is CCCC(C)C(=O)OC(C)CN[C@@H](Cc1ccc(OC(=O)OCC(C)CC)c(OC(=O)OCC(C)CC)c1)C(=O)OC. The molecule has 4 unspecified atom stereocenters. The number of hydrogen-bond acceptors (Lipinski definition) is 11. The Labute approximate surface area is 249 Å². The highest BCUT2D eigenvalue weighted by Crippen LogP contribution is 2.30. The van der Waals surface area contributed by atoms with E-state index in [0.717, 1.165) is 25.7 Å². The topological polar surface area (TPSA) is 136 Å². The summed E-state index contributed by atoms with van der Waals surface area (Å²) in [5.41, 5.74) is 0.573. The Morgan fingerprint density at radius 3 is 1.90 bits per heavy atom. The molecule has 238 valence electrons. The summed E-state index contributed by atoms with van der Waals surface area (Å²) in [4.78, 5) is 49.5. The van der Waals surface area contributed by atoms with E-state index in [2.05, 4.69) is 5.32 Å². The third kappa shape index (κ3) is 14.0. The fraction of sp³-hybridized carbons (Fsp3) is 0.677. The maximum absolute atomic E-state index is 12.6. The number of carbonyl (C=O) groups excluding carboxylic acids is 4.